The summed E-state index contributed by atoms with van der Waals surface area (Å²) in [5, 5.41) is 2.73. The number of carbonyl (C=O) groups excluding carboxylic acids is 1. The fraction of sp³-hybridized carbons (Fsp3) is 0.458. The van der Waals surface area contributed by atoms with Gasteiger partial charge in [0.2, 0.25) is 0 Å². The summed E-state index contributed by atoms with van der Waals surface area (Å²) in [7, 11) is -3.77. The molecule has 31 heavy (non-hydrogen) atoms. The van der Waals surface area contributed by atoms with E-state index in [1.54, 1.807) is 0 Å². The van der Waals surface area contributed by atoms with Crippen LogP contribution in [0.1, 0.15) is 49.7 Å². The van der Waals surface area contributed by atoms with E-state index in [1.165, 1.54) is 0 Å². The highest BCUT2D eigenvalue weighted by Gasteiger charge is 2.26. The Morgan fingerprint density at radius 2 is 1.55 bits per heavy atom. The number of ether oxygens (including phenoxy) is 1. The van der Waals surface area contributed by atoms with Crippen molar-refractivity contribution in [3.63, 3.8) is 0 Å². The highest BCUT2D eigenvalue weighted by molar-refractivity contribution is 7.86. The molecule has 168 valence electrons. The van der Waals surface area contributed by atoms with Crippen molar-refractivity contribution < 1.29 is 22.1 Å². The van der Waals surface area contributed by atoms with Crippen molar-refractivity contribution in [2.75, 3.05) is 5.75 Å². The van der Waals surface area contributed by atoms with Gasteiger partial charge in [-0.1, -0.05) is 79.9 Å². The highest BCUT2D eigenvalue weighted by atomic mass is 32.2. The molecule has 0 aromatic heterocycles. The van der Waals surface area contributed by atoms with Crippen LogP contribution >= 0.6 is 0 Å². The van der Waals surface area contributed by atoms with Crippen LogP contribution in [0.3, 0.4) is 0 Å². The number of aryl methyl sites for hydroxylation is 1. The number of benzene rings is 2. The van der Waals surface area contributed by atoms with E-state index < -0.39 is 22.3 Å². The zero-order chi connectivity index (χ0) is 21.9. The molecule has 0 radical (unpaired) electrons. The van der Waals surface area contributed by atoms with Crippen molar-refractivity contribution >= 4 is 16.2 Å². The summed E-state index contributed by atoms with van der Waals surface area (Å²) in [5.74, 6) is -0.267. The van der Waals surface area contributed by atoms with E-state index in [-0.39, 0.29) is 18.5 Å². The van der Waals surface area contributed by atoms with Gasteiger partial charge in [0.15, 0.2) is 0 Å². The van der Waals surface area contributed by atoms with Gasteiger partial charge in [0.05, 0.1) is 11.9 Å². The summed E-state index contributed by atoms with van der Waals surface area (Å²) in [6, 6.07) is 18.5. The molecule has 1 aliphatic carbocycles. The Morgan fingerprint density at radius 1 is 0.935 bits per heavy atom. The molecule has 1 atom stereocenters. The minimum Gasteiger partial charge on any atom is -0.445 e. The van der Waals surface area contributed by atoms with E-state index in [2.05, 4.69) is 5.32 Å². The van der Waals surface area contributed by atoms with Crippen molar-refractivity contribution in [3.05, 3.63) is 71.8 Å². The molecule has 1 unspecified atom stereocenters. The molecule has 3 rings (SSSR count). The van der Waals surface area contributed by atoms with Gasteiger partial charge in [0.1, 0.15) is 6.61 Å². The zero-order valence-electron chi connectivity index (χ0n) is 17.7. The highest BCUT2D eigenvalue weighted by Crippen LogP contribution is 2.22. The normalized spacial score (nSPS) is 15.9. The molecular formula is C24H31NO5S. The van der Waals surface area contributed by atoms with Crippen LogP contribution in [0, 0.1) is 0 Å². The first-order chi connectivity index (χ1) is 15.0. The molecule has 2 aromatic carbocycles. The Balaban J connectivity index is 1.58. The lowest BCUT2D eigenvalue weighted by Crippen LogP contribution is -2.41. The lowest BCUT2D eigenvalue weighted by Gasteiger charge is -2.23. The number of carbonyl (C=O) groups is 1. The molecule has 1 N–H and O–H groups in total. The maximum Gasteiger partial charge on any atom is 0.407 e. The minimum atomic E-state index is -3.77. The van der Waals surface area contributed by atoms with E-state index in [1.807, 2.05) is 60.7 Å². The number of amides is 1. The van der Waals surface area contributed by atoms with Crippen LogP contribution in [0.25, 0.3) is 0 Å². The summed E-state index contributed by atoms with van der Waals surface area (Å²) in [5.41, 5.74) is 1.95. The summed E-state index contributed by atoms with van der Waals surface area (Å²) < 4.78 is 36.1. The average Bonchev–Trinajstić information content (AvgIpc) is 2.77. The zero-order valence-corrected chi connectivity index (χ0v) is 18.6. The van der Waals surface area contributed by atoms with Gasteiger partial charge in [-0.15, -0.1) is 0 Å². The van der Waals surface area contributed by atoms with Crippen LogP contribution in [-0.2, 0) is 32.1 Å². The first-order valence-corrected chi connectivity index (χ1v) is 12.5. The van der Waals surface area contributed by atoms with Crippen LogP contribution in [0.4, 0.5) is 4.79 Å². The second-order valence-corrected chi connectivity index (χ2v) is 9.65. The van der Waals surface area contributed by atoms with Crippen LogP contribution in [0.2, 0.25) is 0 Å². The van der Waals surface area contributed by atoms with Gasteiger partial charge in [-0.3, -0.25) is 4.18 Å². The average molecular weight is 446 g/mol. The number of hydrogen-bond donors (Lipinski definition) is 1. The second-order valence-electron chi connectivity index (χ2n) is 8.01. The lowest BCUT2D eigenvalue weighted by molar-refractivity contribution is 0.135. The number of alkyl carbamates (subject to hydrolysis) is 1. The monoisotopic (exact) mass is 445 g/mol. The molecule has 2 aromatic rings. The van der Waals surface area contributed by atoms with Gasteiger partial charge in [-0.2, -0.15) is 8.42 Å². The molecule has 7 heteroatoms. The van der Waals surface area contributed by atoms with E-state index in [0.717, 1.165) is 43.2 Å². The molecule has 6 nitrogen and oxygen atoms in total. The van der Waals surface area contributed by atoms with Gasteiger partial charge in [0, 0.05) is 6.04 Å². The molecular weight excluding hydrogens is 414 g/mol. The predicted molar refractivity (Wildman–Crippen MR) is 120 cm³/mol. The fourth-order valence-electron chi connectivity index (χ4n) is 3.77. The molecule has 1 aliphatic rings. The molecule has 0 aliphatic heterocycles. The Morgan fingerprint density at radius 3 is 2.19 bits per heavy atom. The Kier molecular flexibility index (Phi) is 8.91. The summed E-state index contributed by atoms with van der Waals surface area (Å²) in [6.45, 7) is 0.128. The standard InChI is InChI=1S/C24H31NO5S/c26-24(29-18-21-12-6-2-7-13-21)25-22(17-16-20-10-4-1-5-11-20)19-31(27,28)30-23-14-8-3-9-15-23/h1-2,4-7,10-13,22-23H,3,8-9,14-19H2,(H,25,26). The third kappa shape index (κ3) is 8.71. The SMILES string of the molecule is O=C(NC(CCc1ccccc1)CS(=O)(=O)OC1CCCCC1)OCc1ccccc1. The molecule has 1 saturated carbocycles. The van der Waals surface area contributed by atoms with Crippen molar-refractivity contribution in [3.8, 4) is 0 Å². The summed E-state index contributed by atoms with van der Waals surface area (Å²) in [4.78, 5) is 12.3. The Bertz CT molecular complexity index is 896. The topological polar surface area (TPSA) is 81.7 Å². The third-order valence-corrected chi connectivity index (χ3v) is 6.78. The minimum absolute atomic E-state index is 0.128. The van der Waals surface area contributed by atoms with Crippen LogP contribution in [0.15, 0.2) is 60.7 Å². The van der Waals surface area contributed by atoms with Crippen molar-refractivity contribution in [1.82, 2.24) is 5.32 Å². The van der Waals surface area contributed by atoms with Crippen LogP contribution in [0.5, 0.6) is 0 Å². The van der Waals surface area contributed by atoms with Gasteiger partial charge in [0.25, 0.3) is 10.1 Å². The maximum absolute atomic E-state index is 12.7. The Hall–Kier alpha value is -2.38. The largest absolute Gasteiger partial charge is 0.445 e. The quantitative estimate of drug-likeness (QED) is 0.541. The molecule has 0 heterocycles. The van der Waals surface area contributed by atoms with Gasteiger partial charge in [-0.25, -0.2) is 4.79 Å². The number of nitrogens with one attached hydrogen (secondary N) is 1. The Labute approximate surface area is 185 Å². The maximum atomic E-state index is 12.7. The molecule has 1 amide bonds. The molecule has 1 fully saturated rings. The number of hydrogen-bond acceptors (Lipinski definition) is 5. The van der Waals surface area contributed by atoms with E-state index in [0.29, 0.717) is 12.8 Å². The first kappa shape index (κ1) is 23.3. The smallest absolute Gasteiger partial charge is 0.407 e. The summed E-state index contributed by atoms with van der Waals surface area (Å²) in [6.07, 6.45) is 4.85. The molecule has 0 spiro atoms. The van der Waals surface area contributed by atoms with E-state index >= 15 is 0 Å². The number of rotatable bonds is 10. The van der Waals surface area contributed by atoms with Crippen LogP contribution in [-0.4, -0.2) is 32.4 Å². The third-order valence-electron chi connectivity index (χ3n) is 5.40. The van der Waals surface area contributed by atoms with E-state index in [4.69, 9.17) is 8.92 Å². The lowest BCUT2D eigenvalue weighted by atomic mass is 9.98. The van der Waals surface area contributed by atoms with Crippen LogP contribution < -0.4 is 5.32 Å². The van der Waals surface area contributed by atoms with Gasteiger partial charge >= 0.3 is 6.09 Å². The van der Waals surface area contributed by atoms with Crippen molar-refractivity contribution in [2.45, 2.75) is 63.7 Å². The fourth-order valence-corrected chi connectivity index (χ4v) is 5.20. The molecule has 0 saturated heterocycles. The first-order valence-electron chi connectivity index (χ1n) is 10.9. The van der Waals surface area contributed by atoms with Crippen molar-refractivity contribution in [2.24, 2.45) is 0 Å². The van der Waals surface area contributed by atoms with E-state index in [9.17, 15) is 13.2 Å². The predicted octanol–water partition coefficient (Wildman–Crippen LogP) is 4.59. The van der Waals surface area contributed by atoms with Gasteiger partial charge in [-0.05, 0) is 36.8 Å². The van der Waals surface area contributed by atoms with Gasteiger partial charge < -0.3 is 10.1 Å². The summed E-state index contributed by atoms with van der Waals surface area (Å²) >= 11 is 0. The van der Waals surface area contributed by atoms with Crippen molar-refractivity contribution in [1.29, 1.82) is 0 Å². The second kappa shape index (κ2) is 11.9. The molecule has 0 bridgehead atoms.